The maximum Gasteiger partial charge on any atom is 0.232 e. The minimum atomic E-state index is -0.112. The zero-order valence-corrected chi connectivity index (χ0v) is 14.9. The molecule has 2 rings (SSSR count). The Balaban J connectivity index is 1.82. The number of aromatic nitrogens is 2. The molecule has 1 aromatic heterocycles. The van der Waals surface area contributed by atoms with Crippen LogP contribution in [0, 0.1) is 5.92 Å². The number of amides is 1. The van der Waals surface area contributed by atoms with E-state index in [1.807, 2.05) is 6.92 Å². The van der Waals surface area contributed by atoms with Crippen molar-refractivity contribution >= 4 is 5.91 Å². The summed E-state index contributed by atoms with van der Waals surface area (Å²) >= 11 is 0. The third kappa shape index (κ3) is 5.61. The maximum absolute atomic E-state index is 11.6. The first-order chi connectivity index (χ1) is 10.9. The first-order valence-electron chi connectivity index (χ1n) is 8.70. The van der Waals surface area contributed by atoms with Gasteiger partial charge < -0.3 is 9.84 Å². The second-order valence-electron chi connectivity index (χ2n) is 7.56. The van der Waals surface area contributed by atoms with Crippen LogP contribution < -0.4 is 5.32 Å². The Hall–Kier alpha value is -1.43. The van der Waals surface area contributed by atoms with Gasteiger partial charge in [-0.15, -0.1) is 0 Å². The predicted octanol–water partition coefficient (Wildman–Crippen LogP) is 2.50. The Bertz CT molecular complexity index is 507. The van der Waals surface area contributed by atoms with Gasteiger partial charge in [0.1, 0.15) is 0 Å². The summed E-state index contributed by atoms with van der Waals surface area (Å²) in [4.78, 5) is 18.5. The van der Waals surface area contributed by atoms with Crippen molar-refractivity contribution in [3.05, 3.63) is 11.7 Å². The van der Waals surface area contributed by atoms with Crippen LogP contribution in [0.15, 0.2) is 4.52 Å². The van der Waals surface area contributed by atoms with E-state index >= 15 is 0 Å². The number of rotatable bonds is 6. The molecule has 130 valence electrons. The van der Waals surface area contributed by atoms with Crippen LogP contribution in [0.25, 0.3) is 0 Å². The molecule has 1 aromatic rings. The summed E-state index contributed by atoms with van der Waals surface area (Å²) in [5.74, 6) is 2.12. The van der Waals surface area contributed by atoms with Crippen LogP contribution in [0.2, 0.25) is 0 Å². The van der Waals surface area contributed by atoms with Gasteiger partial charge in [-0.3, -0.25) is 9.69 Å². The van der Waals surface area contributed by atoms with Crippen molar-refractivity contribution < 1.29 is 9.32 Å². The minimum Gasteiger partial charge on any atom is -0.356 e. The van der Waals surface area contributed by atoms with Gasteiger partial charge in [-0.2, -0.15) is 4.98 Å². The Morgan fingerprint density at radius 1 is 1.43 bits per heavy atom. The standard InChI is InChI=1S/C17H30N4O2/c1-5-7-15(22)18-10-13-8-6-9-21(11-13)12-14-19-16(23-20-14)17(2,3)4/h13H,5-12H2,1-4H3,(H,18,22). The molecule has 1 fully saturated rings. The topological polar surface area (TPSA) is 71.3 Å². The van der Waals surface area contributed by atoms with E-state index in [-0.39, 0.29) is 11.3 Å². The van der Waals surface area contributed by atoms with Gasteiger partial charge in [-0.1, -0.05) is 32.9 Å². The Morgan fingerprint density at radius 3 is 2.87 bits per heavy atom. The fourth-order valence-electron chi connectivity index (χ4n) is 2.86. The average molecular weight is 322 g/mol. The lowest BCUT2D eigenvalue weighted by molar-refractivity contribution is -0.121. The molecule has 0 saturated carbocycles. The van der Waals surface area contributed by atoms with Gasteiger partial charge in [0, 0.05) is 24.9 Å². The van der Waals surface area contributed by atoms with Gasteiger partial charge in [0.25, 0.3) is 0 Å². The van der Waals surface area contributed by atoms with Crippen molar-refractivity contribution in [1.82, 2.24) is 20.4 Å². The van der Waals surface area contributed by atoms with Crippen molar-refractivity contribution in [2.45, 2.75) is 65.3 Å². The lowest BCUT2D eigenvalue weighted by Crippen LogP contribution is -2.40. The highest BCUT2D eigenvalue weighted by molar-refractivity contribution is 5.75. The number of carbonyl (C=O) groups is 1. The highest BCUT2D eigenvalue weighted by Crippen LogP contribution is 2.21. The fourth-order valence-corrected chi connectivity index (χ4v) is 2.86. The maximum atomic E-state index is 11.6. The molecule has 1 N–H and O–H groups in total. The zero-order chi connectivity index (χ0) is 16.9. The summed E-state index contributed by atoms with van der Waals surface area (Å²) in [6.45, 7) is 11.8. The van der Waals surface area contributed by atoms with Gasteiger partial charge >= 0.3 is 0 Å². The van der Waals surface area contributed by atoms with Gasteiger partial charge in [0.15, 0.2) is 5.82 Å². The Labute approximate surface area is 139 Å². The quantitative estimate of drug-likeness (QED) is 0.871. The third-order valence-corrected chi connectivity index (χ3v) is 4.14. The van der Waals surface area contributed by atoms with E-state index in [2.05, 4.69) is 41.1 Å². The molecule has 1 unspecified atom stereocenters. The number of likely N-dealkylation sites (tertiary alicyclic amines) is 1. The first-order valence-corrected chi connectivity index (χ1v) is 8.70. The first kappa shape index (κ1) is 17.9. The molecule has 2 heterocycles. The van der Waals surface area contributed by atoms with Crippen LogP contribution in [-0.4, -0.2) is 40.6 Å². The average Bonchev–Trinajstić information content (AvgIpc) is 2.94. The molecule has 1 amide bonds. The number of nitrogens with zero attached hydrogens (tertiary/aromatic N) is 3. The van der Waals surface area contributed by atoms with Gasteiger partial charge in [0.05, 0.1) is 6.54 Å². The van der Waals surface area contributed by atoms with Crippen molar-refractivity contribution in [2.75, 3.05) is 19.6 Å². The number of nitrogens with one attached hydrogen (secondary N) is 1. The number of carbonyl (C=O) groups excluding carboxylic acids is 1. The highest BCUT2D eigenvalue weighted by Gasteiger charge is 2.24. The summed E-state index contributed by atoms with van der Waals surface area (Å²) in [6, 6.07) is 0. The lowest BCUT2D eigenvalue weighted by atomic mass is 9.97. The van der Waals surface area contributed by atoms with E-state index in [0.717, 1.165) is 44.8 Å². The van der Waals surface area contributed by atoms with Crippen LogP contribution in [-0.2, 0) is 16.8 Å². The van der Waals surface area contributed by atoms with Gasteiger partial charge in [-0.05, 0) is 31.7 Å². The van der Waals surface area contributed by atoms with Crippen molar-refractivity contribution in [3.63, 3.8) is 0 Å². The Morgan fingerprint density at radius 2 is 2.22 bits per heavy atom. The van der Waals surface area contributed by atoms with Crippen LogP contribution in [0.1, 0.15) is 65.1 Å². The molecule has 6 heteroatoms. The highest BCUT2D eigenvalue weighted by atomic mass is 16.5. The van der Waals surface area contributed by atoms with E-state index in [1.165, 1.54) is 6.42 Å². The van der Waals surface area contributed by atoms with Crippen LogP contribution in [0.4, 0.5) is 0 Å². The third-order valence-electron chi connectivity index (χ3n) is 4.14. The monoisotopic (exact) mass is 322 g/mol. The van der Waals surface area contributed by atoms with E-state index in [9.17, 15) is 4.79 Å². The summed E-state index contributed by atoms with van der Waals surface area (Å²) < 4.78 is 5.36. The van der Waals surface area contributed by atoms with E-state index in [0.29, 0.717) is 18.2 Å². The van der Waals surface area contributed by atoms with Gasteiger partial charge in [0.2, 0.25) is 11.8 Å². The molecule has 0 bridgehead atoms. The lowest BCUT2D eigenvalue weighted by Gasteiger charge is -2.31. The summed E-state index contributed by atoms with van der Waals surface area (Å²) in [6.07, 6.45) is 3.84. The van der Waals surface area contributed by atoms with Crippen LogP contribution in [0.3, 0.4) is 0 Å². The molecular weight excluding hydrogens is 292 g/mol. The van der Waals surface area contributed by atoms with E-state index in [4.69, 9.17) is 4.52 Å². The number of piperidine rings is 1. The van der Waals surface area contributed by atoms with Crippen LogP contribution in [0.5, 0.6) is 0 Å². The van der Waals surface area contributed by atoms with Crippen molar-refractivity contribution in [2.24, 2.45) is 5.92 Å². The molecular formula is C17H30N4O2. The SMILES string of the molecule is CCCC(=O)NCC1CCCN(Cc2noc(C(C)(C)C)n2)C1. The predicted molar refractivity (Wildman–Crippen MR) is 88.9 cm³/mol. The van der Waals surface area contributed by atoms with Crippen molar-refractivity contribution in [1.29, 1.82) is 0 Å². The number of hydrogen-bond donors (Lipinski definition) is 1. The number of hydrogen-bond acceptors (Lipinski definition) is 5. The van der Waals surface area contributed by atoms with Crippen molar-refractivity contribution in [3.8, 4) is 0 Å². The normalized spacial score (nSPS) is 19.7. The summed E-state index contributed by atoms with van der Waals surface area (Å²) in [5.41, 5.74) is -0.112. The largest absolute Gasteiger partial charge is 0.356 e. The van der Waals surface area contributed by atoms with Crippen LogP contribution >= 0.6 is 0 Å². The second kappa shape index (κ2) is 7.90. The molecule has 0 aliphatic carbocycles. The molecule has 1 aliphatic rings. The zero-order valence-electron chi connectivity index (χ0n) is 14.9. The molecule has 6 nitrogen and oxygen atoms in total. The minimum absolute atomic E-state index is 0.112. The molecule has 1 aliphatic heterocycles. The summed E-state index contributed by atoms with van der Waals surface area (Å²) in [7, 11) is 0. The molecule has 0 aromatic carbocycles. The molecule has 0 radical (unpaired) electrons. The molecule has 1 atom stereocenters. The molecule has 23 heavy (non-hydrogen) atoms. The molecule has 0 spiro atoms. The Kier molecular flexibility index (Phi) is 6.16. The second-order valence-corrected chi connectivity index (χ2v) is 7.56. The molecule has 1 saturated heterocycles. The van der Waals surface area contributed by atoms with E-state index < -0.39 is 0 Å². The van der Waals surface area contributed by atoms with E-state index in [1.54, 1.807) is 0 Å². The van der Waals surface area contributed by atoms with Gasteiger partial charge in [-0.25, -0.2) is 0 Å². The smallest absolute Gasteiger partial charge is 0.232 e. The summed E-state index contributed by atoms with van der Waals surface area (Å²) in [5, 5.41) is 7.15. The fraction of sp³-hybridized carbons (Fsp3) is 0.824.